The molecule has 6 nitrogen and oxygen atoms in total. The van der Waals surface area contributed by atoms with Gasteiger partial charge in [-0.2, -0.15) is 5.10 Å². The van der Waals surface area contributed by atoms with Crippen LogP contribution in [0, 0.1) is 4.77 Å². The molecule has 1 heterocycles. The summed E-state index contributed by atoms with van der Waals surface area (Å²) in [6, 6.07) is 28.3. The Morgan fingerprint density at radius 2 is 1.62 bits per heavy atom. The Kier molecular flexibility index (Phi) is 7.88. The highest BCUT2D eigenvalue weighted by molar-refractivity contribution is 7.71. The van der Waals surface area contributed by atoms with E-state index >= 15 is 0 Å². The molecule has 0 unspecified atom stereocenters. The van der Waals surface area contributed by atoms with Crippen molar-refractivity contribution in [1.29, 1.82) is 0 Å². The molecule has 34 heavy (non-hydrogen) atoms. The van der Waals surface area contributed by atoms with Crippen LogP contribution in [0.2, 0.25) is 0 Å². The third-order valence-corrected chi connectivity index (χ3v) is 5.95. The summed E-state index contributed by atoms with van der Waals surface area (Å²) < 4.78 is 7.63. The highest BCUT2D eigenvalue weighted by atomic mass is 32.1. The molecule has 3 aromatic carbocycles. The predicted octanol–water partition coefficient (Wildman–Crippen LogP) is 5.34. The van der Waals surface area contributed by atoms with Gasteiger partial charge in [0.25, 0.3) is 0 Å². The van der Waals surface area contributed by atoms with Gasteiger partial charge in [-0.1, -0.05) is 60.7 Å². The number of hydrogen-bond donors (Lipinski definition) is 2. The highest BCUT2D eigenvalue weighted by Crippen LogP contribution is 2.27. The summed E-state index contributed by atoms with van der Waals surface area (Å²) in [6.45, 7) is 3.20. The molecule has 0 aliphatic rings. The molecule has 4 aromatic rings. The lowest BCUT2D eigenvalue weighted by Gasteiger charge is -2.18. The number of nitrogens with zero attached hydrogens (tertiary/aromatic N) is 2. The summed E-state index contributed by atoms with van der Waals surface area (Å²) in [6.07, 6.45) is 0.794. The van der Waals surface area contributed by atoms with E-state index in [-0.39, 0.29) is 18.4 Å². The standard InChI is InChI=1S/C27H28N4O2S/c1-2-33-23-15-13-22(14-16-23)26-29-30-27(34)31(26)19-25(32)28-18-17-24(20-9-5-3-6-10-20)21-11-7-4-8-12-21/h3-16,24H,2,17-19H2,1H3,(H,28,32)(H,30,34). The van der Waals surface area contributed by atoms with Crippen molar-refractivity contribution >= 4 is 18.1 Å². The van der Waals surface area contributed by atoms with E-state index < -0.39 is 0 Å². The molecule has 0 saturated heterocycles. The molecule has 0 fully saturated rings. The second-order valence-electron chi connectivity index (χ2n) is 7.91. The maximum Gasteiger partial charge on any atom is 0.240 e. The van der Waals surface area contributed by atoms with Gasteiger partial charge >= 0.3 is 0 Å². The summed E-state index contributed by atoms with van der Waals surface area (Å²) in [7, 11) is 0. The van der Waals surface area contributed by atoms with Gasteiger partial charge in [0, 0.05) is 18.0 Å². The second kappa shape index (κ2) is 11.4. The van der Waals surface area contributed by atoms with Crippen LogP contribution in [-0.2, 0) is 11.3 Å². The van der Waals surface area contributed by atoms with Crippen molar-refractivity contribution in [1.82, 2.24) is 20.1 Å². The fourth-order valence-corrected chi connectivity index (χ4v) is 4.20. The molecule has 0 saturated carbocycles. The van der Waals surface area contributed by atoms with Crippen LogP contribution < -0.4 is 10.1 Å². The monoisotopic (exact) mass is 472 g/mol. The van der Waals surface area contributed by atoms with Crippen LogP contribution in [0.1, 0.15) is 30.4 Å². The minimum atomic E-state index is -0.107. The SMILES string of the molecule is CCOc1ccc(-c2n[nH]c(=S)n2CC(=O)NCCC(c2ccccc2)c2ccccc2)cc1. The zero-order valence-electron chi connectivity index (χ0n) is 19.1. The number of aromatic amines is 1. The normalized spacial score (nSPS) is 10.9. The Bertz CT molecular complexity index is 1210. The van der Waals surface area contributed by atoms with Crippen molar-refractivity contribution in [3.8, 4) is 17.1 Å². The van der Waals surface area contributed by atoms with Crippen LogP contribution in [-0.4, -0.2) is 33.8 Å². The molecular formula is C27H28N4O2S. The maximum atomic E-state index is 12.8. The summed E-state index contributed by atoms with van der Waals surface area (Å²) in [5.74, 6) is 1.51. The van der Waals surface area contributed by atoms with Gasteiger partial charge in [-0.15, -0.1) is 0 Å². The summed E-state index contributed by atoms with van der Waals surface area (Å²) in [4.78, 5) is 12.8. The predicted molar refractivity (Wildman–Crippen MR) is 136 cm³/mol. The molecular weight excluding hydrogens is 444 g/mol. The third kappa shape index (κ3) is 5.80. The highest BCUT2D eigenvalue weighted by Gasteiger charge is 2.16. The van der Waals surface area contributed by atoms with Crippen molar-refractivity contribution in [3.63, 3.8) is 0 Å². The van der Waals surface area contributed by atoms with Gasteiger partial charge in [-0.3, -0.25) is 14.5 Å². The molecule has 1 aromatic heterocycles. The van der Waals surface area contributed by atoms with Gasteiger partial charge in [-0.25, -0.2) is 0 Å². The minimum absolute atomic E-state index is 0.0964. The Hall–Kier alpha value is -3.71. The molecule has 0 aliphatic carbocycles. The number of ether oxygens (including phenoxy) is 1. The number of hydrogen-bond acceptors (Lipinski definition) is 4. The quantitative estimate of drug-likeness (QED) is 0.306. The van der Waals surface area contributed by atoms with Crippen LogP contribution in [0.4, 0.5) is 0 Å². The number of rotatable bonds is 10. The second-order valence-corrected chi connectivity index (χ2v) is 8.30. The summed E-state index contributed by atoms with van der Waals surface area (Å²) >= 11 is 5.38. The first-order valence-corrected chi connectivity index (χ1v) is 11.8. The van der Waals surface area contributed by atoms with E-state index in [1.54, 1.807) is 4.57 Å². The molecule has 0 bridgehead atoms. The smallest absolute Gasteiger partial charge is 0.240 e. The number of H-pyrrole nitrogens is 1. The van der Waals surface area contributed by atoms with Crippen molar-refractivity contribution in [2.75, 3.05) is 13.2 Å². The lowest BCUT2D eigenvalue weighted by atomic mass is 9.88. The molecule has 0 aliphatic heterocycles. The molecule has 2 N–H and O–H groups in total. The van der Waals surface area contributed by atoms with E-state index in [9.17, 15) is 4.79 Å². The topological polar surface area (TPSA) is 71.9 Å². The number of carbonyl (C=O) groups is 1. The first-order chi connectivity index (χ1) is 16.7. The molecule has 0 spiro atoms. The first-order valence-electron chi connectivity index (χ1n) is 11.4. The van der Waals surface area contributed by atoms with E-state index in [2.05, 4.69) is 39.8 Å². The lowest BCUT2D eigenvalue weighted by Crippen LogP contribution is -2.29. The van der Waals surface area contributed by atoms with Gasteiger partial charge in [0.1, 0.15) is 12.3 Å². The van der Waals surface area contributed by atoms with Gasteiger partial charge in [0.2, 0.25) is 5.91 Å². The average Bonchev–Trinajstić information content (AvgIpc) is 3.23. The van der Waals surface area contributed by atoms with Gasteiger partial charge < -0.3 is 10.1 Å². The number of aromatic nitrogens is 3. The first kappa shape index (κ1) is 23.4. The van der Waals surface area contributed by atoms with Crippen LogP contribution in [0.25, 0.3) is 11.4 Å². The zero-order valence-corrected chi connectivity index (χ0v) is 19.9. The third-order valence-electron chi connectivity index (χ3n) is 5.64. The maximum absolute atomic E-state index is 12.8. The Balaban J connectivity index is 1.41. The summed E-state index contributed by atoms with van der Waals surface area (Å²) in [5, 5.41) is 10.2. The van der Waals surface area contributed by atoms with Crippen LogP contribution in [0.15, 0.2) is 84.9 Å². The van der Waals surface area contributed by atoms with E-state index in [1.165, 1.54) is 11.1 Å². The average molecular weight is 473 g/mol. The van der Waals surface area contributed by atoms with E-state index in [4.69, 9.17) is 17.0 Å². The Labute approximate surface area is 204 Å². The van der Waals surface area contributed by atoms with Crippen LogP contribution in [0.3, 0.4) is 0 Å². The van der Waals surface area contributed by atoms with Gasteiger partial charge in [0.15, 0.2) is 10.6 Å². The van der Waals surface area contributed by atoms with E-state index in [0.717, 1.165) is 17.7 Å². The Morgan fingerprint density at radius 1 is 1.00 bits per heavy atom. The molecule has 0 radical (unpaired) electrons. The molecule has 0 atom stereocenters. The van der Waals surface area contributed by atoms with Crippen molar-refractivity contribution < 1.29 is 9.53 Å². The number of carbonyl (C=O) groups excluding carboxylic acids is 1. The Morgan fingerprint density at radius 3 is 2.21 bits per heavy atom. The van der Waals surface area contributed by atoms with Crippen LogP contribution in [0.5, 0.6) is 5.75 Å². The fraction of sp³-hybridized carbons (Fsp3) is 0.222. The molecule has 174 valence electrons. The van der Waals surface area contributed by atoms with Crippen molar-refractivity contribution in [3.05, 3.63) is 101 Å². The summed E-state index contributed by atoms with van der Waals surface area (Å²) in [5.41, 5.74) is 3.33. The molecule has 1 amide bonds. The van der Waals surface area contributed by atoms with E-state index in [0.29, 0.717) is 23.7 Å². The number of nitrogens with one attached hydrogen (secondary N) is 2. The van der Waals surface area contributed by atoms with E-state index in [1.807, 2.05) is 67.6 Å². The zero-order chi connectivity index (χ0) is 23.8. The molecule has 4 rings (SSSR count). The van der Waals surface area contributed by atoms with Gasteiger partial charge in [0.05, 0.1) is 6.61 Å². The minimum Gasteiger partial charge on any atom is -0.494 e. The molecule has 7 heteroatoms. The van der Waals surface area contributed by atoms with Crippen LogP contribution >= 0.6 is 12.2 Å². The van der Waals surface area contributed by atoms with Gasteiger partial charge in [-0.05, 0) is 61.0 Å². The lowest BCUT2D eigenvalue weighted by molar-refractivity contribution is -0.121. The fourth-order valence-electron chi connectivity index (χ4n) is 4.00. The largest absolute Gasteiger partial charge is 0.494 e. The number of amides is 1. The number of benzene rings is 3. The van der Waals surface area contributed by atoms with Crippen molar-refractivity contribution in [2.45, 2.75) is 25.8 Å². The van der Waals surface area contributed by atoms with Crippen molar-refractivity contribution in [2.24, 2.45) is 0 Å².